The predicted molar refractivity (Wildman–Crippen MR) is 90.4 cm³/mol. The Morgan fingerprint density at radius 1 is 1.15 bits per heavy atom. The number of hydrogen-bond acceptors (Lipinski definition) is 3. The molecule has 0 aromatic carbocycles. The molecule has 3 nitrogen and oxygen atoms in total. The highest BCUT2D eigenvalue weighted by atomic mass is 79.9. The van der Waals surface area contributed by atoms with Gasteiger partial charge < -0.3 is 4.90 Å². The van der Waals surface area contributed by atoms with E-state index in [1.165, 1.54) is 12.8 Å². The SMILES string of the molecule is CCC(CC)CN(CC)c1cc(Br)nc(C(C)(C)C)n1. The molecule has 114 valence electrons. The zero-order valence-corrected chi connectivity index (χ0v) is 15.3. The molecule has 1 aromatic rings. The van der Waals surface area contributed by atoms with Crippen LogP contribution >= 0.6 is 15.9 Å². The molecule has 20 heavy (non-hydrogen) atoms. The van der Waals surface area contributed by atoms with Crippen LogP contribution in [0.5, 0.6) is 0 Å². The standard InChI is InChI=1S/C16H28BrN3/c1-7-12(8-2)11-20(9-3)14-10-13(17)18-15(19-14)16(4,5)6/h10,12H,7-9,11H2,1-6H3. The fraction of sp³-hybridized carbons (Fsp3) is 0.750. The maximum absolute atomic E-state index is 4.78. The molecule has 0 N–H and O–H groups in total. The van der Waals surface area contributed by atoms with Crippen molar-refractivity contribution in [2.75, 3.05) is 18.0 Å². The first-order chi connectivity index (χ1) is 9.31. The summed E-state index contributed by atoms with van der Waals surface area (Å²) in [5, 5.41) is 0. The summed E-state index contributed by atoms with van der Waals surface area (Å²) < 4.78 is 0.871. The van der Waals surface area contributed by atoms with Crippen LogP contribution in [0.2, 0.25) is 0 Å². The molecule has 0 aliphatic carbocycles. The first-order valence-corrected chi connectivity index (χ1v) is 8.41. The second-order valence-corrected chi connectivity index (χ2v) is 7.16. The molecular weight excluding hydrogens is 314 g/mol. The smallest absolute Gasteiger partial charge is 0.137 e. The van der Waals surface area contributed by atoms with Crippen LogP contribution in [0.25, 0.3) is 0 Å². The third-order valence-corrected chi connectivity index (χ3v) is 4.10. The fourth-order valence-corrected chi connectivity index (χ4v) is 2.52. The first-order valence-electron chi connectivity index (χ1n) is 7.61. The molecule has 0 amide bonds. The fourth-order valence-electron chi connectivity index (χ4n) is 2.15. The Hall–Kier alpha value is -0.640. The van der Waals surface area contributed by atoms with E-state index in [9.17, 15) is 0 Å². The molecule has 0 radical (unpaired) electrons. The lowest BCUT2D eigenvalue weighted by molar-refractivity contribution is 0.482. The monoisotopic (exact) mass is 341 g/mol. The molecule has 0 spiro atoms. The van der Waals surface area contributed by atoms with Gasteiger partial charge in [-0.25, -0.2) is 9.97 Å². The summed E-state index contributed by atoms with van der Waals surface area (Å²) in [6, 6.07) is 2.03. The largest absolute Gasteiger partial charge is 0.356 e. The van der Waals surface area contributed by atoms with E-state index in [4.69, 9.17) is 4.98 Å². The van der Waals surface area contributed by atoms with Gasteiger partial charge in [-0.1, -0.05) is 47.5 Å². The molecule has 0 fully saturated rings. The summed E-state index contributed by atoms with van der Waals surface area (Å²) >= 11 is 3.53. The van der Waals surface area contributed by atoms with Gasteiger partial charge in [0.05, 0.1) is 0 Å². The first kappa shape index (κ1) is 17.4. The number of anilines is 1. The summed E-state index contributed by atoms with van der Waals surface area (Å²) in [5.41, 5.74) is -0.0349. The Bertz CT molecular complexity index is 422. The normalized spacial score (nSPS) is 12.0. The Morgan fingerprint density at radius 3 is 2.20 bits per heavy atom. The van der Waals surface area contributed by atoms with Crippen LogP contribution in [0.3, 0.4) is 0 Å². The van der Waals surface area contributed by atoms with Gasteiger partial charge in [-0.15, -0.1) is 0 Å². The molecule has 0 saturated carbocycles. The van der Waals surface area contributed by atoms with Crippen molar-refractivity contribution in [3.05, 3.63) is 16.5 Å². The van der Waals surface area contributed by atoms with E-state index in [2.05, 4.69) is 67.4 Å². The van der Waals surface area contributed by atoms with E-state index < -0.39 is 0 Å². The van der Waals surface area contributed by atoms with Crippen molar-refractivity contribution in [2.24, 2.45) is 5.92 Å². The van der Waals surface area contributed by atoms with Gasteiger partial charge >= 0.3 is 0 Å². The van der Waals surface area contributed by atoms with Crippen LogP contribution in [0.15, 0.2) is 10.7 Å². The minimum Gasteiger partial charge on any atom is -0.356 e. The average Bonchev–Trinajstić information content (AvgIpc) is 2.38. The van der Waals surface area contributed by atoms with Crippen LogP contribution in [-0.2, 0) is 5.41 Å². The highest BCUT2D eigenvalue weighted by molar-refractivity contribution is 9.10. The minimum atomic E-state index is -0.0349. The minimum absolute atomic E-state index is 0.0349. The Morgan fingerprint density at radius 2 is 1.75 bits per heavy atom. The molecule has 1 aromatic heterocycles. The third kappa shape index (κ3) is 4.72. The number of halogens is 1. The predicted octanol–water partition coefficient (Wildman–Crippen LogP) is 4.80. The summed E-state index contributed by atoms with van der Waals surface area (Å²) in [5.74, 6) is 2.65. The average molecular weight is 342 g/mol. The van der Waals surface area contributed by atoms with Crippen molar-refractivity contribution >= 4 is 21.7 Å². The van der Waals surface area contributed by atoms with Gasteiger partial charge in [0.25, 0.3) is 0 Å². The number of nitrogens with zero attached hydrogens (tertiary/aromatic N) is 3. The van der Waals surface area contributed by atoms with Crippen LogP contribution in [0, 0.1) is 5.92 Å². The van der Waals surface area contributed by atoms with Crippen LogP contribution in [0.1, 0.15) is 60.2 Å². The van der Waals surface area contributed by atoms with E-state index in [1.807, 2.05) is 6.07 Å². The topological polar surface area (TPSA) is 29.0 Å². The maximum atomic E-state index is 4.78. The molecule has 0 aliphatic heterocycles. The molecule has 0 bridgehead atoms. The number of aromatic nitrogens is 2. The van der Waals surface area contributed by atoms with Gasteiger partial charge in [0.15, 0.2) is 0 Å². The lowest BCUT2D eigenvalue weighted by Gasteiger charge is -2.28. The van der Waals surface area contributed by atoms with Gasteiger partial charge in [-0.05, 0) is 28.8 Å². The van der Waals surface area contributed by atoms with Gasteiger partial charge in [0, 0.05) is 24.6 Å². The van der Waals surface area contributed by atoms with Crippen molar-refractivity contribution < 1.29 is 0 Å². The number of rotatable bonds is 6. The molecule has 0 aliphatic rings. The van der Waals surface area contributed by atoms with Crippen molar-refractivity contribution in [2.45, 2.75) is 59.8 Å². The molecular formula is C16H28BrN3. The highest BCUT2D eigenvalue weighted by Gasteiger charge is 2.20. The Balaban J connectivity index is 3.06. The zero-order valence-electron chi connectivity index (χ0n) is 13.7. The Labute approximate surface area is 132 Å². The summed E-state index contributed by atoms with van der Waals surface area (Å²) in [6.45, 7) is 15.2. The van der Waals surface area contributed by atoms with Gasteiger partial charge in [-0.2, -0.15) is 0 Å². The van der Waals surface area contributed by atoms with E-state index in [-0.39, 0.29) is 5.41 Å². The third-order valence-electron chi connectivity index (χ3n) is 3.69. The number of hydrogen-bond donors (Lipinski definition) is 0. The van der Waals surface area contributed by atoms with Crippen LogP contribution in [0.4, 0.5) is 5.82 Å². The van der Waals surface area contributed by atoms with E-state index >= 15 is 0 Å². The van der Waals surface area contributed by atoms with Crippen LogP contribution in [-0.4, -0.2) is 23.1 Å². The van der Waals surface area contributed by atoms with E-state index in [1.54, 1.807) is 0 Å². The second-order valence-electron chi connectivity index (χ2n) is 6.34. The van der Waals surface area contributed by atoms with Crippen molar-refractivity contribution in [3.8, 4) is 0 Å². The van der Waals surface area contributed by atoms with Crippen molar-refractivity contribution in [1.82, 2.24) is 9.97 Å². The van der Waals surface area contributed by atoms with Crippen LogP contribution < -0.4 is 4.90 Å². The quantitative estimate of drug-likeness (QED) is 0.696. The molecule has 0 saturated heterocycles. The van der Waals surface area contributed by atoms with Gasteiger partial charge in [-0.3, -0.25) is 0 Å². The summed E-state index contributed by atoms with van der Waals surface area (Å²) in [4.78, 5) is 11.7. The zero-order chi connectivity index (χ0) is 15.3. The lowest BCUT2D eigenvalue weighted by Crippen LogP contribution is -2.31. The Kier molecular flexibility index (Phi) is 6.44. The van der Waals surface area contributed by atoms with Crippen molar-refractivity contribution in [1.29, 1.82) is 0 Å². The second kappa shape index (κ2) is 7.39. The lowest BCUT2D eigenvalue weighted by atomic mass is 9.96. The molecule has 0 unspecified atom stereocenters. The van der Waals surface area contributed by atoms with E-state index in [0.717, 1.165) is 35.3 Å². The van der Waals surface area contributed by atoms with Gasteiger partial charge in [0.1, 0.15) is 16.2 Å². The highest BCUT2D eigenvalue weighted by Crippen LogP contribution is 2.25. The van der Waals surface area contributed by atoms with E-state index in [0.29, 0.717) is 0 Å². The molecule has 1 heterocycles. The summed E-state index contributed by atoms with van der Waals surface area (Å²) in [6.07, 6.45) is 2.43. The molecule has 4 heteroatoms. The van der Waals surface area contributed by atoms with Gasteiger partial charge in [0.2, 0.25) is 0 Å². The maximum Gasteiger partial charge on any atom is 0.137 e. The molecule has 1 rings (SSSR count). The molecule has 0 atom stereocenters. The van der Waals surface area contributed by atoms with Crippen molar-refractivity contribution in [3.63, 3.8) is 0 Å². The summed E-state index contributed by atoms with van der Waals surface area (Å²) in [7, 11) is 0.